The molecule has 12 heteroatoms. The van der Waals surface area contributed by atoms with Crippen LogP contribution >= 0.6 is 0 Å². The molecule has 0 radical (unpaired) electrons. The average molecular weight is 429 g/mol. The molecule has 1 aromatic heterocycles. The number of hydrogen-bond donors (Lipinski definition) is 0. The van der Waals surface area contributed by atoms with Crippen molar-refractivity contribution in [3.05, 3.63) is 22.5 Å². The number of aryl methyl sites for hydroxylation is 1. The first-order valence-corrected chi connectivity index (χ1v) is 11.4. The van der Waals surface area contributed by atoms with Crippen molar-refractivity contribution in [2.24, 2.45) is 0 Å². The van der Waals surface area contributed by atoms with Crippen molar-refractivity contribution < 1.29 is 18.1 Å². The highest BCUT2D eigenvalue weighted by Crippen LogP contribution is 2.25. The van der Waals surface area contributed by atoms with Gasteiger partial charge in [0, 0.05) is 52.2 Å². The zero-order chi connectivity index (χ0) is 21.0. The summed E-state index contributed by atoms with van der Waals surface area (Å²) in [5.74, 6) is -0.110. The van der Waals surface area contributed by atoms with Crippen molar-refractivity contribution in [2.45, 2.75) is 51.1 Å². The van der Waals surface area contributed by atoms with Gasteiger partial charge in [-0.15, -0.1) is 0 Å². The Balaban J connectivity index is 1.48. The van der Waals surface area contributed by atoms with Crippen LogP contribution in [0.15, 0.2) is 12.4 Å². The van der Waals surface area contributed by atoms with Gasteiger partial charge >= 0.3 is 5.69 Å². The lowest BCUT2D eigenvalue weighted by Gasteiger charge is -2.38. The van der Waals surface area contributed by atoms with Gasteiger partial charge in [-0.05, 0) is 12.8 Å². The minimum atomic E-state index is -3.52. The first-order chi connectivity index (χ1) is 13.8. The van der Waals surface area contributed by atoms with Crippen LogP contribution in [0.3, 0.4) is 0 Å². The predicted octanol–water partition coefficient (Wildman–Crippen LogP) is 0.835. The van der Waals surface area contributed by atoms with Crippen LogP contribution < -0.4 is 0 Å². The number of carbonyl (C=O) groups is 1. The highest BCUT2D eigenvalue weighted by Gasteiger charge is 2.35. The maximum absolute atomic E-state index is 12.9. The van der Waals surface area contributed by atoms with E-state index in [1.165, 1.54) is 19.5 Å². The van der Waals surface area contributed by atoms with E-state index >= 15 is 0 Å². The number of piperazine rings is 1. The van der Waals surface area contributed by atoms with Crippen LogP contribution in [-0.4, -0.2) is 81.8 Å². The molecule has 162 valence electrons. The number of aromatic nitrogens is 2. The molecule has 2 aliphatic rings. The third-order valence-corrected chi connectivity index (χ3v) is 7.80. The van der Waals surface area contributed by atoms with Gasteiger partial charge in [-0.3, -0.25) is 19.6 Å². The lowest BCUT2D eigenvalue weighted by atomic mass is 9.96. The fourth-order valence-corrected chi connectivity index (χ4v) is 5.50. The monoisotopic (exact) mass is 428 g/mol. The van der Waals surface area contributed by atoms with Crippen LogP contribution in [0.1, 0.15) is 38.5 Å². The number of nitrogens with zero attached hydrogens (tertiary/aromatic N) is 6. The normalized spacial score (nSPS) is 19.6. The summed E-state index contributed by atoms with van der Waals surface area (Å²) in [6, 6.07) is 0.0616. The molecule has 1 aromatic rings. The highest BCUT2D eigenvalue weighted by atomic mass is 32.2. The minimum absolute atomic E-state index is 0.0616. The molecular weight excluding hydrogens is 400 g/mol. The molecule has 1 saturated carbocycles. The van der Waals surface area contributed by atoms with Crippen LogP contribution in [0.2, 0.25) is 0 Å². The lowest BCUT2D eigenvalue weighted by Crippen LogP contribution is -2.55. The van der Waals surface area contributed by atoms with Crippen molar-refractivity contribution in [1.82, 2.24) is 23.3 Å². The van der Waals surface area contributed by atoms with Crippen LogP contribution in [0.4, 0.5) is 5.69 Å². The van der Waals surface area contributed by atoms with E-state index in [0.717, 1.165) is 38.3 Å². The van der Waals surface area contributed by atoms with Gasteiger partial charge in [-0.2, -0.15) is 22.1 Å². The molecular formula is C17H28N6O5S. The number of amides is 1. The summed E-state index contributed by atoms with van der Waals surface area (Å²) in [6.45, 7) is 1.48. The smallest absolute Gasteiger partial charge is 0.306 e. The van der Waals surface area contributed by atoms with Gasteiger partial charge in [0.2, 0.25) is 5.91 Å². The molecule has 1 saturated heterocycles. The second-order valence-corrected chi connectivity index (χ2v) is 9.55. The standard InChI is InChI=1S/C17H28N6O5S/c1-19(15-5-3-2-4-6-15)29(27,28)22-11-9-20(10-12-22)17(24)7-8-21-14-16(13-18-21)23(25)26/h13-15H,2-12H2,1H3. The Morgan fingerprint density at radius 1 is 1.24 bits per heavy atom. The van der Waals surface area contributed by atoms with E-state index in [9.17, 15) is 23.3 Å². The zero-order valence-corrected chi connectivity index (χ0v) is 17.5. The van der Waals surface area contributed by atoms with Gasteiger partial charge in [0.1, 0.15) is 12.4 Å². The molecule has 0 atom stereocenters. The molecule has 3 rings (SSSR count). The van der Waals surface area contributed by atoms with E-state index in [-0.39, 0.29) is 43.7 Å². The molecule has 0 bridgehead atoms. The average Bonchev–Trinajstić information content (AvgIpc) is 3.21. The van der Waals surface area contributed by atoms with Crippen LogP contribution in [0, 0.1) is 10.1 Å². The number of nitro groups is 1. The summed E-state index contributed by atoms with van der Waals surface area (Å²) in [6.07, 6.45) is 7.69. The molecule has 2 heterocycles. The van der Waals surface area contributed by atoms with Crippen LogP contribution in [0.25, 0.3) is 0 Å². The first-order valence-electron chi connectivity index (χ1n) is 9.97. The molecule has 0 unspecified atom stereocenters. The van der Waals surface area contributed by atoms with Crippen molar-refractivity contribution >= 4 is 21.8 Å². The van der Waals surface area contributed by atoms with E-state index < -0.39 is 15.1 Å². The zero-order valence-electron chi connectivity index (χ0n) is 16.6. The van der Waals surface area contributed by atoms with E-state index in [0.29, 0.717) is 13.1 Å². The quantitative estimate of drug-likeness (QED) is 0.468. The molecule has 1 aliphatic carbocycles. The third kappa shape index (κ3) is 5.11. The summed E-state index contributed by atoms with van der Waals surface area (Å²) >= 11 is 0. The Morgan fingerprint density at radius 3 is 2.48 bits per heavy atom. The number of hydrogen-bond acceptors (Lipinski definition) is 6. The summed E-state index contributed by atoms with van der Waals surface area (Å²) in [5, 5.41) is 14.6. The molecule has 29 heavy (non-hydrogen) atoms. The number of carbonyl (C=O) groups excluding carboxylic acids is 1. The van der Waals surface area contributed by atoms with Crippen molar-refractivity contribution in [3.63, 3.8) is 0 Å². The SMILES string of the molecule is CN(C1CCCCC1)S(=O)(=O)N1CCN(C(=O)CCn2cc([N+](=O)[O-])cn2)CC1. The third-order valence-electron chi connectivity index (χ3n) is 5.76. The van der Waals surface area contributed by atoms with E-state index in [1.807, 2.05) is 0 Å². The van der Waals surface area contributed by atoms with Crippen molar-refractivity contribution in [3.8, 4) is 0 Å². The van der Waals surface area contributed by atoms with Gasteiger partial charge in [0.05, 0.1) is 4.92 Å². The second-order valence-electron chi connectivity index (χ2n) is 7.56. The Hall–Kier alpha value is -2.05. The topological polar surface area (TPSA) is 122 Å². The van der Waals surface area contributed by atoms with Gasteiger partial charge in [0.15, 0.2) is 0 Å². The number of rotatable bonds is 7. The molecule has 0 N–H and O–H groups in total. The Labute approximate surface area is 170 Å². The fourth-order valence-electron chi connectivity index (χ4n) is 3.92. The predicted molar refractivity (Wildman–Crippen MR) is 105 cm³/mol. The summed E-state index contributed by atoms with van der Waals surface area (Å²) in [5.41, 5.74) is -0.113. The molecule has 1 amide bonds. The largest absolute Gasteiger partial charge is 0.340 e. The van der Waals surface area contributed by atoms with E-state index in [4.69, 9.17) is 0 Å². The van der Waals surface area contributed by atoms with Gasteiger partial charge in [-0.25, -0.2) is 0 Å². The molecule has 1 aliphatic heterocycles. The molecule has 0 aromatic carbocycles. The first kappa shape index (κ1) is 21.7. The van der Waals surface area contributed by atoms with Crippen molar-refractivity contribution in [2.75, 3.05) is 33.2 Å². The van der Waals surface area contributed by atoms with Crippen LogP contribution in [0.5, 0.6) is 0 Å². The minimum Gasteiger partial charge on any atom is -0.340 e. The Bertz CT molecular complexity index is 827. The van der Waals surface area contributed by atoms with Crippen molar-refractivity contribution in [1.29, 1.82) is 0 Å². The Morgan fingerprint density at radius 2 is 1.90 bits per heavy atom. The Kier molecular flexibility index (Phi) is 6.85. The van der Waals surface area contributed by atoms with Crippen LogP contribution in [-0.2, 0) is 21.5 Å². The maximum atomic E-state index is 12.9. The van der Waals surface area contributed by atoms with E-state index in [2.05, 4.69) is 5.10 Å². The molecule has 0 spiro atoms. The van der Waals surface area contributed by atoms with Gasteiger partial charge in [-0.1, -0.05) is 19.3 Å². The van der Waals surface area contributed by atoms with Gasteiger partial charge in [0.25, 0.3) is 10.2 Å². The summed E-state index contributed by atoms with van der Waals surface area (Å²) in [7, 11) is -1.86. The summed E-state index contributed by atoms with van der Waals surface area (Å²) < 4.78 is 30.2. The fraction of sp³-hybridized carbons (Fsp3) is 0.765. The highest BCUT2D eigenvalue weighted by molar-refractivity contribution is 7.86. The second kappa shape index (κ2) is 9.18. The van der Waals surface area contributed by atoms with Gasteiger partial charge < -0.3 is 4.90 Å². The molecule has 2 fully saturated rings. The van der Waals surface area contributed by atoms with E-state index in [1.54, 1.807) is 11.9 Å². The summed E-state index contributed by atoms with van der Waals surface area (Å²) in [4.78, 5) is 24.2. The molecule has 11 nitrogen and oxygen atoms in total. The lowest BCUT2D eigenvalue weighted by molar-refractivity contribution is -0.385. The maximum Gasteiger partial charge on any atom is 0.306 e.